The standard InChI is InChI=1S/C23H30FNO4/c1-7-27-23(26)20-19(16-9-11-17(24)12-10-16)18(13-29-28-8-2)21(14(3)4)25-22(20)15(5)6/h9-12,14-15H,7-8,13H2,1-6H3. The van der Waals surface area contributed by atoms with Crippen LogP contribution >= 0.6 is 0 Å². The Bertz CT molecular complexity index is 832. The molecule has 5 nitrogen and oxygen atoms in total. The molecule has 0 spiro atoms. The number of carbonyl (C=O) groups excluding carboxylic acids is 1. The van der Waals surface area contributed by atoms with Crippen LogP contribution in [0, 0.1) is 5.82 Å². The van der Waals surface area contributed by atoms with Gasteiger partial charge in [0.2, 0.25) is 0 Å². The van der Waals surface area contributed by atoms with E-state index in [-0.39, 0.29) is 30.9 Å². The molecule has 0 bridgehead atoms. The predicted octanol–water partition coefficient (Wildman–Crippen LogP) is 5.78. The molecule has 0 fully saturated rings. The Labute approximate surface area is 172 Å². The zero-order valence-electron chi connectivity index (χ0n) is 18.0. The molecule has 158 valence electrons. The van der Waals surface area contributed by atoms with E-state index >= 15 is 0 Å². The molecule has 1 heterocycles. The van der Waals surface area contributed by atoms with Gasteiger partial charge in [-0.15, -0.1) is 0 Å². The zero-order chi connectivity index (χ0) is 21.6. The summed E-state index contributed by atoms with van der Waals surface area (Å²) in [5.74, 6) is -0.715. The molecule has 1 aromatic heterocycles. The van der Waals surface area contributed by atoms with Gasteiger partial charge in [0.15, 0.2) is 0 Å². The second-order valence-corrected chi connectivity index (χ2v) is 7.32. The Hall–Kier alpha value is -2.31. The SMILES string of the molecule is CCOOCc1c(C(C)C)nc(C(C)C)c(C(=O)OCC)c1-c1ccc(F)cc1. The Morgan fingerprint density at radius 2 is 1.59 bits per heavy atom. The molecule has 1 aromatic carbocycles. The lowest BCUT2D eigenvalue weighted by Gasteiger charge is -2.23. The lowest BCUT2D eigenvalue weighted by Crippen LogP contribution is -2.18. The molecule has 0 aliphatic heterocycles. The summed E-state index contributed by atoms with van der Waals surface area (Å²) in [6, 6.07) is 6.07. The molecule has 0 N–H and O–H groups in total. The topological polar surface area (TPSA) is 57.7 Å². The summed E-state index contributed by atoms with van der Waals surface area (Å²) in [5.41, 5.74) is 3.98. The summed E-state index contributed by atoms with van der Waals surface area (Å²) in [4.78, 5) is 28.3. The fourth-order valence-corrected chi connectivity index (χ4v) is 3.23. The number of benzene rings is 1. The summed E-state index contributed by atoms with van der Waals surface area (Å²) in [7, 11) is 0. The van der Waals surface area contributed by atoms with Crippen LogP contribution in [0.4, 0.5) is 4.39 Å². The van der Waals surface area contributed by atoms with Gasteiger partial charge in [0.25, 0.3) is 0 Å². The van der Waals surface area contributed by atoms with Gasteiger partial charge < -0.3 is 4.74 Å². The first-order chi connectivity index (χ1) is 13.8. The van der Waals surface area contributed by atoms with Crippen molar-refractivity contribution in [1.82, 2.24) is 4.98 Å². The first-order valence-electron chi connectivity index (χ1n) is 10.1. The van der Waals surface area contributed by atoms with E-state index in [4.69, 9.17) is 19.5 Å². The van der Waals surface area contributed by atoms with Crippen molar-refractivity contribution in [3.8, 4) is 11.1 Å². The Balaban J connectivity index is 2.88. The smallest absolute Gasteiger partial charge is 0.340 e. The minimum Gasteiger partial charge on any atom is -0.462 e. The monoisotopic (exact) mass is 403 g/mol. The van der Waals surface area contributed by atoms with E-state index in [2.05, 4.69) is 0 Å². The van der Waals surface area contributed by atoms with Gasteiger partial charge in [-0.1, -0.05) is 39.8 Å². The van der Waals surface area contributed by atoms with Crippen LogP contribution in [0.3, 0.4) is 0 Å². The zero-order valence-corrected chi connectivity index (χ0v) is 18.0. The van der Waals surface area contributed by atoms with Crippen LogP contribution in [0.15, 0.2) is 24.3 Å². The molecule has 6 heteroatoms. The van der Waals surface area contributed by atoms with Crippen molar-refractivity contribution < 1.29 is 23.7 Å². The molecule has 0 atom stereocenters. The molecule has 0 saturated heterocycles. The number of hydrogen-bond donors (Lipinski definition) is 0. The lowest BCUT2D eigenvalue weighted by atomic mass is 9.87. The first-order valence-corrected chi connectivity index (χ1v) is 10.1. The van der Waals surface area contributed by atoms with E-state index in [1.54, 1.807) is 19.1 Å². The van der Waals surface area contributed by atoms with Gasteiger partial charge in [0.05, 0.1) is 24.5 Å². The highest BCUT2D eigenvalue weighted by Gasteiger charge is 2.28. The maximum atomic E-state index is 13.6. The molecule has 0 unspecified atom stereocenters. The van der Waals surface area contributed by atoms with Gasteiger partial charge in [-0.05, 0) is 43.4 Å². The summed E-state index contributed by atoms with van der Waals surface area (Å²) < 4.78 is 19.0. The number of rotatable bonds is 9. The molecule has 0 aliphatic rings. The van der Waals surface area contributed by atoms with Gasteiger partial charge in [0, 0.05) is 16.8 Å². The molecular weight excluding hydrogens is 373 g/mol. The average molecular weight is 403 g/mol. The number of pyridine rings is 1. The lowest BCUT2D eigenvalue weighted by molar-refractivity contribution is -0.300. The molecule has 0 amide bonds. The van der Waals surface area contributed by atoms with Gasteiger partial charge >= 0.3 is 5.97 Å². The number of ether oxygens (including phenoxy) is 1. The summed E-state index contributed by atoms with van der Waals surface area (Å²) in [6.45, 7) is 12.4. The minimum atomic E-state index is -0.448. The van der Waals surface area contributed by atoms with Gasteiger partial charge in [-0.25, -0.2) is 19.0 Å². The second-order valence-electron chi connectivity index (χ2n) is 7.32. The minimum absolute atomic E-state index is 0.00651. The highest BCUT2D eigenvalue weighted by Crippen LogP contribution is 2.37. The van der Waals surface area contributed by atoms with E-state index < -0.39 is 5.97 Å². The normalized spacial score (nSPS) is 11.3. The molecule has 0 saturated carbocycles. The maximum absolute atomic E-state index is 13.6. The van der Waals surface area contributed by atoms with E-state index in [1.807, 2.05) is 34.6 Å². The van der Waals surface area contributed by atoms with E-state index in [1.165, 1.54) is 12.1 Å². The van der Waals surface area contributed by atoms with Gasteiger partial charge in [-0.2, -0.15) is 0 Å². The Kier molecular flexibility index (Phi) is 8.29. The van der Waals surface area contributed by atoms with Crippen LogP contribution < -0.4 is 0 Å². The summed E-state index contributed by atoms with van der Waals surface area (Å²) in [6.07, 6.45) is 0. The number of esters is 1. The Morgan fingerprint density at radius 3 is 2.10 bits per heavy atom. The number of halogens is 1. The van der Waals surface area contributed by atoms with E-state index in [0.29, 0.717) is 29.0 Å². The van der Waals surface area contributed by atoms with Crippen molar-refractivity contribution in [3.63, 3.8) is 0 Å². The third-order valence-corrected chi connectivity index (χ3v) is 4.47. The van der Waals surface area contributed by atoms with Crippen molar-refractivity contribution in [2.45, 2.75) is 60.0 Å². The largest absolute Gasteiger partial charge is 0.462 e. The number of hydrogen-bond acceptors (Lipinski definition) is 5. The second kappa shape index (κ2) is 10.5. The highest BCUT2D eigenvalue weighted by atomic mass is 19.1. The van der Waals surface area contributed by atoms with Crippen LogP contribution in [-0.2, 0) is 21.1 Å². The van der Waals surface area contributed by atoms with Crippen LogP contribution in [0.5, 0.6) is 0 Å². The number of aromatic nitrogens is 1. The van der Waals surface area contributed by atoms with Gasteiger partial charge in [-0.3, -0.25) is 4.98 Å². The summed E-state index contributed by atoms with van der Waals surface area (Å²) in [5, 5.41) is 0. The highest BCUT2D eigenvalue weighted by molar-refractivity contribution is 5.99. The third kappa shape index (κ3) is 5.40. The van der Waals surface area contributed by atoms with E-state index in [9.17, 15) is 9.18 Å². The fourth-order valence-electron chi connectivity index (χ4n) is 3.23. The van der Waals surface area contributed by atoms with Gasteiger partial charge in [0.1, 0.15) is 12.4 Å². The quantitative estimate of drug-likeness (QED) is 0.230. The number of nitrogens with zero attached hydrogens (tertiary/aromatic N) is 1. The Morgan fingerprint density at radius 1 is 0.966 bits per heavy atom. The van der Waals surface area contributed by atoms with Crippen molar-refractivity contribution in [2.75, 3.05) is 13.2 Å². The molecule has 2 aromatic rings. The van der Waals surface area contributed by atoms with Crippen molar-refractivity contribution in [3.05, 3.63) is 52.6 Å². The fraction of sp³-hybridized carbons (Fsp3) is 0.478. The average Bonchev–Trinajstić information content (AvgIpc) is 2.68. The molecular formula is C23H30FNO4. The van der Waals surface area contributed by atoms with E-state index in [0.717, 1.165) is 11.3 Å². The third-order valence-electron chi connectivity index (χ3n) is 4.47. The van der Waals surface area contributed by atoms with Crippen LogP contribution in [0.25, 0.3) is 11.1 Å². The molecule has 0 radical (unpaired) electrons. The predicted molar refractivity (Wildman–Crippen MR) is 110 cm³/mol. The van der Waals surface area contributed by atoms with Crippen molar-refractivity contribution >= 4 is 5.97 Å². The first kappa shape index (κ1) is 23.0. The molecule has 2 rings (SSSR count). The molecule has 29 heavy (non-hydrogen) atoms. The molecule has 0 aliphatic carbocycles. The number of carbonyl (C=O) groups is 1. The van der Waals surface area contributed by atoms with Crippen molar-refractivity contribution in [1.29, 1.82) is 0 Å². The summed E-state index contributed by atoms with van der Waals surface area (Å²) >= 11 is 0. The van der Waals surface area contributed by atoms with Crippen molar-refractivity contribution in [2.24, 2.45) is 0 Å². The maximum Gasteiger partial charge on any atom is 0.340 e. The van der Waals surface area contributed by atoms with Crippen LogP contribution in [-0.4, -0.2) is 24.2 Å². The van der Waals surface area contributed by atoms with Crippen LogP contribution in [0.1, 0.15) is 80.7 Å². The van der Waals surface area contributed by atoms with Crippen LogP contribution in [0.2, 0.25) is 0 Å².